The summed E-state index contributed by atoms with van der Waals surface area (Å²) < 4.78 is 65.0. The smallest absolute Gasteiger partial charge is 0.368 e. The maximum Gasteiger partial charge on any atom is 0.416 e. The summed E-state index contributed by atoms with van der Waals surface area (Å²) in [7, 11) is 0. The zero-order valence-electron chi connectivity index (χ0n) is 13.1. The molecule has 0 aliphatic heterocycles. The molecule has 0 heterocycles. The number of nitrogens with one attached hydrogen (secondary N) is 1. The maximum absolute atomic E-state index is 13.6. The van der Waals surface area contributed by atoms with Crippen LogP contribution in [-0.4, -0.2) is 17.9 Å². The SMILES string of the molecule is NC(=O)[C@H](Cc1cccc(C(F)(F)F)c1)NC(=O)c1cccc(F)c1F. The highest BCUT2D eigenvalue weighted by Gasteiger charge is 2.31. The predicted molar refractivity (Wildman–Crippen MR) is 82.0 cm³/mol. The van der Waals surface area contributed by atoms with Crippen molar-refractivity contribution in [1.82, 2.24) is 5.32 Å². The highest BCUT2D eigenvalue weighted by atomic mass is 19.4. The molecule has 138 valence electrons. The fourth-order valence-electron chi connectivity index (χ4n) is 2.25. The third kappa shape index (κ3) is 4.56. The van der Waals surface area contributed by atoms with Gasteiger partial charge in [-0.2, -0.15) is 13.2 Å². The lowest BCUT2D eigenvalue weighted by atomic mass is 10.0. The normalized spacial score (nSPS) is 12.5. The Hall–Kier alpha value is -2.97. The van der Waals surface area contributed by atoms with Crippen LogP contribution in [-0.2, 0) is 17.4 Å². The van der Waals surface area contributed by atoms with E-state index in [1.165, 1.54) is 6.07 Å². The quantitative estimate of drug-likeness (QED) is 0.793. The molecule has 2 amide bonds. The van der Waals surface area contributed by atoms with E-state index in [4.69, 9.17) is 5.73 Å². The van der Waals surface area contributed by atoms with Crippen LogP contribution in [0.5, 0.6) is 0 Å². The van der Waals surface area contributed by atoms with Gasteiger partial charge >= 0.3 is 6.18 Å². The first-order valence-electron chi connectivity index (χ1n) is 7.30. The molecule has 0 spiro atoms. The molecule has 0 aliphatic carbocycles. The van der Waals surface area contributed by atoms with Gasteiger partial charge in [0, 0.05) is 6.42 Å². The van der Waals surface area contributed by atoms with Crippen LogP contribution in [0.4, 0.5) is 22.0 Å². The Morgan fingerprint density at radius 1 is 1.08 bits per heavy atom. The largest absolute Gasteiger partial charge is 0.416 e. The molecule has 0 saturated heterocycles. The molecular weight excluding hydrogens is 359 g/mol. The van der Waals surface area contributed by atoms with Crippen LogP contribution in [0.2, 0.25) is 0 Å². The monoisotopic (exact) mass is 372 g/mol. The molecule has 3 N–H and O–H groups in total. The van der Waals surface area contributed by atoms with Gasteiger partial charge in [0.05, 0.1) is 11.1 Å². The number of carbonyl (C=O) groups is 2. The van der Waals surface area contributed by atoms with Gasteiger partial charge in [0.15, 0.2) is 11.6 Å². The van der Waals surface area contributed by atoms with E-state index in [1.807, 2.05) is 0 Å². The molecule has 0 radical (unpaired) electrons. The zero-order chi connectivity index (χ0) is 19.5. The summed E-state index contributed by atoms with van der Waals surface area (Å²) in [4.78, 5) is 23.6. The van der Waals surface area contributed by atoms with Crippen LogP contribution in [0.15, 0.2) is 42.5 Å². The van der Waals surface area contributed by atoms with Gasteiger partial charge < -0.3 is 11.1 Å². The summed E-state index contributed by atoms with van der Waals surface area (Å²) in [6.45, 7) is 0. The highest BCUT2D eigenvalue weighted by Crippen LogP contribution is 2.29. The van der Waals surface area contributed by atoms with E-state index in [1.54, 1.807) is 0 Å². The van der Waals surface area contributed by atoms with E-state index in [0.29, 0.717) is 0 Å². The van der Waals surface area contributed by atoms with Gasteiger partial charge in [0.25, 0.3) is 5.91 Å². The summed E-state index contributed by atoms with van der Waals surface area (Å²) in [5.41, 5.74) is 3.66. The first-order chi connectivity index (χ1) is 12.1. The van der Waals surface area contributed by atoms with Crippen molar-refractivity contribution in [2.75, 3.05) is 0 Å². The number of hydrogen-bond acceptors (Lipinski definition) is 2. The van der Waals surface area contributed by atoms with Gasteiger partial charge in [-0.25, -0.2) is 8.78 Å². The van der Waals surface area contributed by atoms with Crippen molar-refractivity contribution in [3.05, 3.63) is 70.8 Å². The third-order valence-corrected chi connectivity index (χ3v) is 3.54. The number of alkyl halides is 3. The van der Waals surface area contributed by atoms with Crippen molar-refractivity contribution in [3.63, 3.8) is 0 Å². The number of benzene rings is 2. The zero-order valence-corrected chi connectivity index (χ0v) is 13.1. The molecule has 26 heavy (non-hydrogen) atoms. The lowest BCUT2D eigenvalue weighted by Gasteiger charge is -2.17. The summed E-state index contributed by atoms with van der Waals surface area (Å²) >= 11 is 0. The minimum Gasteiger partial charge on any atom is -0.368 e. The van der Waals surface area contributed by atoms with Crippen LogP contribution in [0, 0.1) is 11.6 Å². The molecule has 0 unspecified atom stereocenters. The first-order valence-corrected chi connectivity index (χ1v) is 7.30. The molecule has 0 aliphatic rings. The van der Waals surface area contributed by atoms with Crippen LogP contribution in [0.3, 0.4) is 0 Å². The summed E-state index contributed by atoms with van der Waals surface area (Å²) in [6, 6.07) is 5.61. The van der Waals surface area contributed by atoms with Crippen molar-refractivity contribution >= 4 is 11.8 Å². The number of amides is 2. The average Bonchev–Trinajstić information content (AvgIpc) is 2.56. The second-order valence-corrected chi connectivity index (χ2v) is 5.43. The third-order valence-electron chi connectivity index (χ3n) is 3.54. The highest BCUT2D eigenvalue weighted by molar-refractivity contribution is 5.97. The number of carbonyl (C=O) groups excluding carboxylic acids is 2. The molecule has 0 saturated carbocycles. The number of hydrogen-bond donors (Lipinski definition) is 2. The molecule has 4 nitrogen and oxygen atoms in total. The van der Waals surface area contributed by atoms with Crippen molar-refractivity contribution in [2.24, 2.45) is 5.73 Å². The van der Waals surface area contributed by atoms with Crippen LogP contribution in [0.1, 0.15) is 21.5 Å². The Labute approximate surface area is 144 Å². The second kappa shape index (κ2) is 7.51. The predicted octanol–water partition coefficient (Wildman–Crippen LogP) is 2.81. The number of nitrogens with two attached hydrogens (primary N) is 1. The van der Waals surface area contributed by atoms with Crippen molar-refractivity contribution in [3.8, 4) is 0 Å². The van der Waals surface area contributed by atoms with Crippen molar-refractivity contribution in [2.45, 2.75) is 18.6 Å². The molecule has 0 bridgehead atoms. The molecular formula is C17H13F5N2O2. The Morgan fingerprint density at radius 2 is 1.73 bits per heavy atom. The van der Waals surface area contributed by atoms with Crippen LogP contribution < -0.4 is 11.1 Å². The van der Waals surface area contributed by atoms with Gasteiger partial charge in [-0.1, -0.05) is 24.3 Å². The Morgan fingerprint density at radius 3 is 2.35 bits per heavy atom. The molecule has 2 rings (SSSR count). The van der Waals surface area contributed by atoms with Gasteiger partial charge in [-0.3, -0.25) is 9.59 Å². The van der Waals surface area contributed by atoms with E-state index in [9.17, 15) is 31.5 Å². The Balaban J connectivity index is 2.21. The summed E-state index contributed by atoms with van der Waals surface area (Å²) in [6.07, 6.45) is -4.92. The van der Waals surface area contributed by atoms with Gasteiger partial charge in [0.2, 0.25) is 5.91 Å². The van der Waals surface area contributed by atoms with E-state index in [-0.39, 0.29) is 12.0 Å². The van der Waals surface area contributed by atoms with Crippen LogP contribution >= 0.6 is 0 Å². The number of rotatable bonds is 5. The van der Waals surface area contributed by atoms with Gasteiger partial charge in [-0.05, 0) is 23.8 Å². The number of halogens is 5. The van der Waals surface area contributed by atoms with Crippen LogP contribution in [0.25, 0.3) is 0 Å². The molecule has 0 aromatic heterocycles. The molecule has 9 heteroatoms. The average molecular weight is 372 g/mol. The van der Waals surface area contributed by atoms with E-state index in [2.05, 4.69) is 5.32 Å². The van der Waals surface area contributed by atoms with E-state index in [0.717, 1.165) is 36.4 Å². The molecule has 2 aromatic carbocycles. The maximum atomic E-state index is 13.6. The molecule has 1 atom stereocenters. The van der Waals surface area contributed by atoms with Gasteiger partial charge in [-0.15, -0.1) is 0 Å². The first kappa shape index (κ1) is 19.4. The second-order valence-electron chi connectivity index (χ2n) is 5.43. The minimum atomic E-state index is -4.58. The summed E-state index contributed by atoms with van der Waals surface area (Å²) in [5.74, 6) is -4.82. The lowest BCUT2D eigenvalue weighted by Crippen LogP contribution is -2.46. The minimum absolute atomic E-state index is 0.0867. The Kier molecular flexibility index (Phi) is 5.59. The van der Waals surface area contributed by atoms with E-state index >= 15 is 0 Å². The Bertz CT molecular complexity index is 836. The molecule has 0 fully saturated rings. The molecule has 2 aromatic rings. The van der Waals surface area contributed by atoms with Gasteiger partial charge in [0.1, 0.15) is 6.04 Å². The summed E-state index contributed by atoms with van der Waals surface area (Å²) in [5, 5.41) is 2.11. The fraction of sp³-hybridized carbons (Fsp3) is 0.176. The van der Waals surface area contributed by atoms with Crippen molar-refractivity contribution in [1.29, 1.82) is 0 Å². The lowest BCUT2D eigenvalue weighted by molar-refractivity contribution is -0.137. The van der Waals surface area contributed by atoms with E-state index < -0.39 is 46.8 Å². The number of primary amides is 1. The van der Waals surface area contributed by atoms with Crippen molar-refractivity contribution < 1.29 is 31.5 Å². The topological polar surface area (TPSA) is 72.2 Å². The fourth-order valence-corrected chi connectivity index (χ4v) is 2.25. The standard InChI is InChI=1S/C17H13F5N2O2/c18-12-6-2-5-11(14(12)19)16(26)24-13(15(23)25)8-9-3-1-4-10(7-9)17(20,21)22/h1-7,13H,8H2,(H2,23,25)(H,24,26)/t13-/m0/s1.